The summed E-state index contributed by atoms with van der Waals surface area (Å²) in [6.45, 7) is 0. The minimum atomic E-state index is -4.66. The highest BCUT2D eigenvalue weighted by molar-refractivity contribution is 7.89. The van der Waals surface area contributed by atoms with E-state index < -0.39 is 27.6 Å². The van der Waals surface area contributed by atoms with Crippen molar-refractivity contribution in [3.63, 3.8) is 0 Å². The molecule has 32 heavy (non-hydrogen) atoms. The van der Waals surface area contributed by atoms with Crippen LogP contribution < -0.4 is 5.14 Å². The van der Waals surface area contributed by atoms with Gasteiger partial charge in [0.15, 0.2) is 0 Å². The van der Waals surface area contributed by atoms with Gasteiger partial charge >= 0.3 is 6.18 Å². The zero-order chi connectivity index (χ0) is 23.1. The number of benzene rings is 3. The van der Waals surface area contributed by atoms with E-state index in [2.05, 4.69) is 9.97 Å². The lowest BCUT2D eigenvalue weighted by Crippen LogP contribution is -2.13. The second-order valence-electron chi connectivity index (χ2n) is 7.00. The highest BCUT2D eigenvalue weighted by atomic mass is 32.2. The Morgan fingerprint density at radius 1 is 0.969 bits per heavy atom. The zero-order valence-electron chi connectivity index (χ0n) is 16.2. The average Bonchev–Trinajstić information content (AvgIpc) is 3.13. The molecule has 5 nitrogen and oxygen atoms in total. The molecule has 0 atom stereocenters. The number of halogens is 4. The smallest absolute Gasteiger partial charge is 0.338 e. The summed E-state index contributed by atoms with van der Waals surface area (Å²) in [6.07, 6.45) is -1.92. The third kappa shape index (κ3) is 4.56. The van der Waals surface area contributed by atoms with E-state index in [1.54, 1.807) is 36.4 Å². The summed E-state index contributed by atoms with van der Waals surface area (Å²) in [5, 5.41) is 5.30. The highest BCUT2D eigenvalue weighted by Gasteiger charge is 2.31. The van der Waals surface area contributed by atoms with Crippen LogP contribution in [0.15, 0.2) is 65.6 Å². The van der Waals surface area contributed by atoms with E-state index in [0.29, 0.717) is 34.1 Å². The van der Waals surface area contributed by atoms with Crippen LogP contribution >= 0.6 is 0 Å². The van der Waals surface area contributed by atoms with Crippen molar-refractivity contribution in [2.24, 2.45) is 5.14 Å². The van der Waals surface area contributed by atoms with Gasteiger partial charge in [0.1, 0.15) is 11.6 Å². The Morgan fingerprint density at radius 2 is 1.72 bits per heavy atom. The van der Waals surface area contributed by atoms with Crippen LogP contribution in [0.2, 0.25) is 0 Å². The normalized spacial score (nSPS) is 12.7. The van der Waals surface area contributed by atoms with Gasteiger partial charge < -0.3 is 4.98 Å². The van der Waals surface area contributed by atoms with Crippen LogP contribution in [-0.2, 0) is 16.2 Å². The molecule has 0 bridgehead atoms. The van der Waals surface area contributed by atoms with Gasteiger partial charge in [-0.15, -0.1) is 0 Å². The second-order valence-corrected chi connectivity index (χ2v) is 8.53. The molecule has 10 heteroatoms. The van der Waals surface area contributed by atoms with Crippen molar-refractivity contribution < 1.29 is 26.0 Å². The van der Waals surface area contributed by atoms with Crippen molar-refractivity contribution in [2.45, 2.75) is 11.1 Å². The van der Waals surface area contributed by atoms with Crippen molar-refractivity contribution in [3.8, 4) is 11.1 Å². The van der Waals surface area contributed by atoms with Crippen molar-refractivity contribution in [3.05, 3.63) is 83.4 Å². The van der Waals surface area contributed by atoms with Gasteiger partial charge in [-0.25, -0.2) is 22.9 Å². The molecule has 164 valence electrons. The molecule has 1 aromatic heterocycles. The van der Waals surface area contributed by atoms with E-state index in [-0.39, 0.29) is 10.5 Å². The summed E-state index contributed by atoms with van der Waals surface area (Å²) in [6, 6.07) is 13.6. The van der Waals surface area contributed by atoms with Crippen molar-refractivity contribution in [1.82, 2.24) is 9.97 Å². The topological polar surface area (TPSA) is 88.8 Å². The molecule has 3 N–H and O–H groups in total. The number of rotatable bonds is 4. The summed E-state index contributed by atoms with van der Waals surface area (Å²) in [5.74, 6) is -0.669. The molecular formula is C22H15F4N3O2S. The van der Waals surface area contributed by atoms with Gasteiger partial charge in [0.25, 0.3) is 0 Å². The van der Waals surface area contributed by atoms with E-state index in [0.717, 1.165) is 12.1 Å². The number of aromatic nitrogens is 2. The van der Waals surface area contributed by atoms with E-state index in [4.69, 9.17) is 5.14 Å². The molecule has 0 saturated heterocycles. The Balaban J connectivity index is 1.69. The van der Waals surface area contributed by atoms with Crippen molar-refractivity contribution in [2.75, 3.05) is 0 Å². The molecule has 0 aliphatic rings. The quantitative estimate of drug-likeness (QED) is 0.409. The predicted molar refractivity (Wildman–Crippen MR) is 113 cm³/mol. The summed E-state index contributed by atoms with van der Waals surface area (Å²) >= 11 is 0. The van der Waals surface area contributed by atoms with Crippen LogP contribution in [0.5, 0.6) is 0 Å². The molecule has 0 spiro atoms. The fraction of sp³-hybridized carbons (Fsp3) is 0.0455. The molecule has 0 fully saturated rings. The second kappa shape index (κ2) is 7.88. The number of imidazole rings is 1. The molecule has 0 aliphatic heterocycles. The van der Waals surface area contributed by atoms with Gasteiger partial charge in [0.05, 0.1) is 21.5 Å². The van der Waals surface area contributed by atoms with Crippen molar-refractivity contribution in [1.29, 1.82) is 0 Å². The monoisotopic (exact) mass is 461 g/mol. The first-order valence-electron chi connectivity index (χ1n) is 9.18. The third-order valence-corrected chi connectivity index (χ3v) is 5.65. The lowest BCUT2D eigenvalue weighted by Gasteiger charge is -2.07. The fourth-order valence-corrected chi connectivity index (χ4v) is 4.04. The Bertz CT molecular complexity index is 1460. The van der Waals surface area contributed by atoms with E-state index in [9.17, 15) is 26.0 Å². The maximum Gasteiger partial charge on any atom is 0.416 e. The Hall–Kier alpha value is -3.50. The molecule has 4 aromatic rings. The number of primary sulfonamides is 1. The van der Waals surface area contributed by atoms with Gasteiger partial charge in [-0.3, -0.25) is 0 Å². The molecule has 1 heterocycles. The fourth-order valence-electron chi connectivity index (χ4n) is 3.28. The van der Waals surface area contributed by atoms with E-state index >= 15 is 0 Å². The van der Waals surface area contributed by atoms with Crippen LogP contribution in [0.1, 0.15) is 17.0 Å². The van der Waals surface area contributed by atoms with Crippen LogP contribution in [0.3, 0.4) is 0 Å². The predicted octanol–water partition coefficient (Wildman–Crippen LogP) is 5.21. The molecule has 0 aliphatic carbocycles. The van der Waals surface area contributed by atoms with Gasteiger partial charge in [-0.2, -0.15) is 13.2 Å². The number of fused-ring (bicyclic) bond motifs is 1. The van der Waals surface area contributed by atoms with Gasteiger partial charge in [-0.05, 0) is 53.6 Å². The first-order chi connectivity index (χ1) is 15.0. The minimum Gasteiger partial charge on any atom is -0.338 e. The number of H-pyrrole nitrogens is 1. The number of nitrogens with two attached hydrogens (primary N) is 1. The molecule has 0 amide bonds. The van der Waals surface area contributed by atoms with Crippen LogP contribution in [0, 0.1) is 5.82 Å². The number of hydrogen-bond donors (Lipinski definition) is 2. The summed E-state index contributed by atoms with van der Waals surface area (Å²) < 4.78 is 75.9. The van der Waals surface area contributed by atoms with Crippen LogP contribution in [0.25, 0.3) is 34.3 Å². The molecular weight excluding hydrogens is 446 g/mol. The summed E-state index contributed by atoms with van der Waals surface area (Å²) in [4.78, 5) is 7.30. The molecule has 0 unspecified atom stereocenters. The Kier molecular flexibility index (Phi) is 5.35. The first kappa shape index (κ1) is 21.7. The summed E-state index contributed by atoms with van der Waals surface area (Å²) in [5.41, 5.74) is 1.07. The molecule has 3 aromatic carbocycles. The Labute approximate surface area is 180 Å². The van der Waals surface area contributed by atoms with Gasteiger partial charge in [0, 0.05) is 5.56 Å². The first-order valence-corrected chi connectivity index (χ1v) is 10.7. The maximum absolute atomic E-state index is 13.6. The number of alkyl halides is 3. The maximum atomic E-state index is 13.6. The average molecular weight is 461 g/mol. The van der Waals surface area contributed by atoms with Gasteiger partial charge in [0.2, 0.25) is 10.0 Å². The molecule has 0 radical (unpaired) electrons. The highest BCUT2D eigenvalue weighted by Crippen LogP contribution is 2.31. The number of sulfonamides is 1. The minimum absolute atomic E-state index is 0.0226. The zero-order valence-corrected chi connectivity index (χ0v) is 17.0. The largest absolute Gasteiger partial charge is 0.416 e. The SMILES string of the molecule is NS(=O)(=O)c1ccccc1-c1ccc2nc(C=Cc3cc(F)cc(C(F)(F)F)c3)[nH]c2c1. The number of nitrogens with zero attached hydrogens (tertiary/aromatic N) is 1. The van der Waals surface area contributed by atoms with Crippen LogP contribution in [-0.4, -0.2) is 18.4 Å². The molecule has 4 rings (SSSR count). The van der Waals surface area contributed by atoms with E-state index in [1.807, 2.05) is 0 Å². The van der Waals surface area contributed by atoms with Crippen LogP contribution in [0.4, 0.5) is 17.6 Å². The standard InChI is InChI=1S/C22H15F4N3O2S/c23-16-10-13(9-15(12-16)22(24,25)26)5-8-21-28-18-7-6-14(11-19(18)29-21)17-3-1-2-4-20(17)32(27,30)31/h1-12H,(H,28,29)(H2,27,30,31). The Morgan fingerprint density at radius 3 is 2.44 bits per heavy atom. The lowest BCUT2D eigenvalue weighted by molar-refractivity contribution is -0.137. The van der Waals surface area contributed by atoms with Crippen molar-refractivity contribution >= 4 is 33.2 Å². The molecule has 0 saturated carbocycles. The van der Waals surface area contributed by atoms with Gasteiger partial charge in [-0.1, -0.05) is 30.3 Å². The number of nitrogens with one attached hydrogen (secondary N) is 1. The number of hydrogen-bond acceptors (Lipinski definition) is 3. The summed E-state index contributed by atoms with van der Waals surface area (Å²) in [7, 11) is -3.93. The third-order valence-electron chi connectivity index (χ3n) is 4.69. The number of aromatic amines is 1. The lowest BCUT2D eigenvalue weighted by atomic mass is 10.1. The van der Waals surface area contributed by atoms with E-state index in [1.165, 1.54) is 18.2 Å².